The molecule has 0 N–H and O–H groups in total. The summed E-state index contributed by atoms with van der Waals surface area (Å²) in [5.41, 5.74) is 0.475. The Balaban J connectivity index is 1.55. The molecule has 5 aromatic carbocycles. The maximum Gasteiger partial charge on any atom is 0.293 e. The van der Waals surface area contributed by atoms with Crippen molar-refractivity contribution in [1.82, 2.24) is 0 Å². The van der Waals surface area contributed by atoms with Crippen molar-refractivity contribution in [2.45, 2.75) is 10.8 Å². The van der Waals surface area contributed by atoms with Crippen LogP contribution < -0.4 is 4.90 Å². The molecule has 0 radical (unpaired) electrons. The molecular weight excluding hydrogens is 576 g/mol. The number of para-hydroxylation sites is 2. The summed E-state index contributed by atoms with van der Waals surface area (Å²) >= 11 is 0. The highest BCUT2D eigenvalue weighted by Crippen LogP contribution is 2.74. The van der Waals surface area contributed by atoms with Gasteiger partial charge in [0.2, 0.25) is 11.8 Å². The third-order valence-corrected chi connectivity index (χ3v) is 9.90. The number of nitrogens with zero attached hydrogens (tertiary/aromatic N) is 2. The fourth-order valence-electron chi connectivity index (χ4n) is 8.38. The molecule has 4 atom stereocenters. The number of nitro groups is 1. The molecule has 0 aromatic heterocycles. The van der Waals surface area contributed by atoms with Crippen LogP contribution in [0.1, 0.15) is 22.3 Å². The van der Waals surface area contributed by atoms with Gasteiger partial charge in [-0.15, -0.1) is 0 Å². The minimum atomic E-state index is -1.57. The fourth-order valence-corrected chi connectivity index (χ4v) is 8.38. The molecule has 222 valence electrons. The van der Waals surface area contributed by atoms with Gasteiger partial charge in [-0.25, -0.2) is 4.90 Å². The lowest BCUT2D eigenvalue weighted by Crippen LogP contribution is -2.45. The Hall–Kier alpha value is -5.95. The lowest BCUT2D eigenvalue weighted by atomic mass is 9.59. The number of anilines is 1. The highest BCUT2D eigenvalue weighted by Gasteiger charge is 2.83. The van der Waals surface area contributed by atoms with Crippen LogP contribution in [0.15, 0.2) is 146 Å². The quantitative estimate of drug-likeness (QED) is 0.121. The van der Waals surface area contributed by atoms with E-state index in [1.165, 1.54) is 18.2 Å². The van der Waals surface area contributed by atoms with Gasteiger partial charge >= 0.3 is 0 Å². The predicted octanol–water partition coefficient (Wildman–Crippen LogP) is 6.78. The maximum atomic E-state index is 15.8. The zero-order valence-electron chi connectivity index (χ0n) is 24.4. The SMILES string of the molecule is O=C1C2C(C(=O)N1c1ccccc1[N+](=O)[O-])C1(c3ccccc3)C(=O)C2(c2ccccc2)C(c2ccccc2)=C1c1ccccc1. The Bertz CT molecular complexity index is 1980. The van der Waals surface area contributed by atoms with Crippen LogP contribution in [0.5, 0.6) is 0 Å². The number of amides is 2. The van der Waals surface area contributed by atoms with Crippen LogP contribution in [0.25, 0.3) is 11.1 Å². The van der Waals surface area contributed by atoms with E-state index in [1.54, 1.807) is 6.07 Å². The molecule has 5 aromatic rings. The molecule has 2 aliphatic carbocycles. The van der Waals surface area contributed by atoms with Crippen LogP contribution in [0.2, 0.25) is 0 Å². The van der Waals surface area contributed by atoms with Gasteiger partial charge in [-0.1, -0.05) is 133 Å². The molecular formula is C39H26N2O5. The number of nitro benzene ring substituents is 1. The number of fused-ring (bicyclic) bond motifs is 5. The van der Waals surface area contributed by atoms with E-state index in [-0.39, 0.29) is 17.2 Å². The zero-order valence-corrected chi connectivity index (χ0v) is 24.4. The van der Waals surface area contributed by atoms with E-state index in [2.05, 4.69) is 0 Å². The standard InChI is InChI=1S/C39H26N2O5/c42-35-33-34(36(43)40(35)29-23-13-14-24-30(29)41(45)46)39(28-21-11-4-12-22-28)32(26-17-7-2-8-18-26)31(25-15-5-1-6-16-25)38(33,37(39)44)27-19-9-3-10-20-27/h1-24,33-34H. The number of ketones is 1. The van der Waals surface area contributed by atoms with Crippen LogP contribution in [-0.2, 0) is 25.2 Å². The summed E-state index contributed by atoms with van der Waals surface area (Å²) in [6.45, 7) is 0. The molecule has 1 saturated carbocycles. The number of Topliss-reactive ketones (excluding diaryl/α,β-unsaturated/α-hetero) is 1. The van der Waals surface area contributed by atoms with E-state index in [1.807, 2.05) is 121 Å². The molecule has 7 nitrogen and oxygen atoms in total. The highest BCUT2D eigenvalue weighted by atomic mass is 16.6. The van der Waals surface area contributed by atoms with Gasteiger partial charge in [-0.05, 0) is 39.5 Å². The first-order chi connectivity index (χ1) is 22.4. The second-order valence-corrected chi connectivity index (χ2v) is 11.9. The summed E-state index contributed by atoms with van der Waals surface area (Å²) in [6, 6.07) is 43.3. The second-order valence-electron chi connectivity index (χ2n) is 11.9. The number of rotatable bonds is 6. The second kappa shape index (κ2) is 10.0. The molecule has 3 aliphatic rings. The molecule has 7 heteroatoms. The monoisotopic (exact) mass is 602 g/mol. The Morgan fingerprint density at radius 1 is 0.522 bits per heavy atom. The number of hydrogen-bond donors (Lipinski definition) is 0. The molecule has 2 fully saturated rings. The molecule has 4 unspecified atom stereocenters. The smallest absolute Gasteiger partial charge is 0.293 e. The first kappa shape index (κ1) is 27.6. The van der Waals surface area contributed by atoms with Gasteiger partial charge in [-0.2, -0.15) is 0 Å². The predicted molar refractivity (Wildman–Crippen MR) is 174 cm³/mol. The molecule has 8 rings (SSSR count). The van der Waals surface area contributed by atoms with Crippen molar-refractivity contribution in [3.05, 3.63) is 178 Å². The average molecular weight is 603 g/mol. The summed E-state index contributed by atoms with van der Waals surface area (Å²) in [7, 11) is 0. The average Bonchev–Trinajstić information content (AvgIpc) is 3.61. The van der Waals surface area contributed by atoms with E-state index < -0.39 is 39.4 Å². The Labute approximate surface area is 264 Å². The molecule has 0 spiro atoms. The normalized spacial score (nSPS) is 24.9. The topological polar surface area (TPSA) is 97.6 Å². The lowest BCUT2D eigenvalue weighted by Gasteiger charge is -2.39. The number of allylic oxidation sites excluding steroid dienone is 2. The summed E-state index contributed by atoms with van der Waals surface area (Å²) in [5, 5.41) is 12.2. The van der Waals surface area contributed by atoms with E-state index in [0.717, 1.165) is 16.0 Å². The van der Waals surface area contributed by atoms with Crippen LogP contribution in [0, 0.1) is 22.0 Å². The minimum Gasteiger partial charge on any atom is -0.297 e. The van der Waals surface area contributed by atoms with Crippen molar-refractivity contribution >= 4 is 40.1 Å². The largest absolute Gasteiger partial charge is 0.297 e. The van der Waals surface area contributed by atoms with Gasteiger partial charge in [0.25, 0.3) is 5.69 Å². The molecule has 1 aliphatic heterocycles. The summed E-state index contributed by atoms with van der Waals surface area (Å²) in [5.74, 6) is -3.80. The molecule has 1 saturated heterocycles. The van der Waals surface area contributed by atoms with Crippen molar-refractivity contribution < 1.29 is 19.3 Å². The summed E-state index contributed by atoms with van der Waals surface area (Å²) in [4.78, 5) is 58.3. The number of benzene rings is 5. The van der Waals surface area contributed by atoms with E-state index >= 15 is 4.79 Å². The van der Waals surface area contributed by atoms with Crippen LogP contribution >= 0.6 is 0 Å². The number of carbonyl (C=O) groups is 3. The number of imide groups is 1. The molecule has 2 bridgehead atoms. The van der Waals surface area contributed by atoms with Crippen LogP contribution in [0.4, 0.5) is 11.4 Å². The Kier molecular flexibility index (Phi) is 6.02. The van der Waals surface area contributed by atoms with Gasteiger partial charge in [0.15, 0.2) is 5.78 Å². The third kappa shape index (κ3) is 3.34. The van der Waals surface area contributed by atoms with Gasteiger partial charge in [0.05, 0.1) is 27.6 Å². The first-order valence-electron chi connectivity index (χ1n) is 15.1. The van der Waals surface area contributed by atoms with Gasteiger partial charge < -0.3 is 0 Å². The summed E-state index contributed by atoms with van der Waals surface area (Å²) < 4.78 is 0. The molecule has 46 heavy (non-hydrogen) atoms. The summed E-state index contributed by atoms with van der Waals surface area (Å²) in [6.07, 6.45) is 0. The van der Waals surface area contributed by atoms with Gasteiger partial charge in [-0.3, -0.25) is 24.5 Å². The zero-order chi connectivity index (χ0) is 31.6. The first-order valence-corrected chi connectivity index (χ1v) is 15.1. The lowest BCUT2D eigenvalue weighted by molar-refractivity contribution is -0.384. The molecule has 2 amide bonds. The number of hydrogen-bond acceptors (Lipinski definition) is 5. The van der Waals surface area contributed by atoms with Crippen molar-refractivity contribution in [3.8, 4) is 0 Å². The number of carbonyl (C=O) groups excluding carboxylic acids is 3. The van der Waals surface area contributed by atoms with Crippen LogP contribution in [-0.4, -0.2) is 22.5 Å². The van der Waals surface area contributed by atoms with Crippen molar-refractivity contribution in [2.24, 2.45) is 11.8 Å². The third-order valence-electron chi connectivity index (χ3n) is 9.90. The van der Waals surface area contributed by atoms with Crippen molar-refractivity contribution in [3.63, 3.8) is 0 Å². The fraction of sp³-hybridized carbons (Fsp3) is 0.103. The van der Waals surface area contributed by atoms with Gasteiger partial charge in [0, 0.05) is 6.07 Å². The van der Waals surface area contributed by atoms with E-state index in [9.17, 15) is 19.7 Å². The van der Waals surface area contributed by atoms with Gasteiger partial charge in [0.1, 0.15) is 5.69 Å². The van der Waals surface area contributed by atoms with E-state index in [0.29, 0.717) is 22.3 Å². The highest BCUT2D eigenvalue weighted by molar-refractivity contribution is 6.39. The molecule has 1 heterocycles. The van der Waals surface area contributed by atoms with Crippen molar-refractivity contribution in [2.75, 3.05) is 4.90 Å². The Morgan fingerprint density at radius 3 is 1.30 bits per heavy atom. The maximum absolute atomic E-state index is 15.8. The van der Waals surface area contributed by atoms with Crippen LogP contribution in [0.3, 0.4) is 0 Å². The Morgan fingerprint density at radius 2 is 0.891 bits per heavy atom. The minimum absolute atomic E-state index is 0.0994. The van der Waals surface area contributed by atoms with E-state index in [4.69, 9.17) is 0 Å². The van der Waals surface area contributed by atoms with Crippen molar-refractivity contribution in [1.29, 1.82) is 0 Å².